The second-order valence-electron chi connectivity index (χ2n) is 3.50. The van der Waals surface area contributed by atoms with Gasteiger partial charge in [-0.1, -0.05) is 0 Å². The van der Waals surface area contributed by atoms with Gasteiger partial charge in [0, 0.05) is 11.9 Å². The number of amides is 1. The highest BCUT2D eigenvalue weighted by Gasteiger charge is 2.02. The highest BCUT2D eigenvalue weighted by molar-refractivity contribution is 5.84. The number of nitrogens with one attached hydrogen (secondary N) is 1. The number of anilines is 1. The van der Waals surface area contributed by atoms with Gasteiger partial charge in [0.25, 0.3) is 0 Å². The zero-order valence-corrected chi connectivity index (χ0v) is 9.66. The molecule has 2 aromatic rings. The van der Waals surface area contributed by atoms with E-state index in [2.05, 4.69) is 15.2 Å². The summed E-state index contributed by atoms with van der Waals surface area (Å²) in [6.45, 7) is 0. The van der Waals surface area contributed by atoms with E-state index in [-0.39, 0.29) is 0 Å². The Morgan fingerprint density at radius 1 is 1.39 bits per heavy atom. The molecule has 1 aromatic carbocycles. The molecule has 0 bridgehead atoms. The first-order valence-corrected chi connectivity index (χ1v) is 5.18. The van der Waals surface area contributed by atoms with Gasteiger partial charge in [0.15, 0.2) is 6.29 Å². The summed E-state index contributed by atoms with van der Waals surface area (Å²) >= 11 is 0. The quantitative estimate of drug-likeness (QED) is 0.838. The summed E-state index contributed by atoms with van der Waals surface area (Å²) in [5.41, 5.74) is 1.92. The minimum absolute atomic E-state index is 0.506. The lowest BCUT2D eigenvalue weighted by Crippen LogP contribution is -2.10. The molecular formula is C12H11N3O3. The smallest absolute Gasteiger partial charge is 0.411 e. The topological polar surface area (TPSA) is 73.2 Å². The van der Waals surface area contributed by atoms with Crippen LogP contribution < -0.4 is 5.32 Å². The lowest BCUT2D eigenvalue weighted by atomic mass is 10.3. The molecule has 0 unspecified atom stereocenters. The fraction of sp³-hybridized carbons (Fsp3) is 0.0833. The number of methoxy groups -OCH3 is 1. The molecule has 0 radical (unpaired) electrons. The van der Waals surface area contributed by atoms with Gasteiger partial charge in [-0.15, -0.1) is 0 Å². The van der Waals surface area contributed by atoms with E-state index in [0.29, 0.717) is 11.3 Å². The molecular weight excluding hydrogens is 234 g/mol. The van der Waals surface area contributed by atoms with Crippen molar-refractivity contribution in [3.63, 3.8) is 0 Å². The molecule has 92 valence electrons. The van der Waals surface area contributed by atoms with Gasteiger partial charge in [0.2, 0.25) is 0 Å². The standard InChI is InChI=1S/C12H11N3O3/c1-18-12(17)14-10-2-4-11(5-3-10)15-7-9(8-16)6-13-15/h2-8H,1H3,(H,14,17). The van der Waals surface area contributed by atoms with E-state index in [4.69, 9.17) is 0 Å². The van der Waals surface area contributed by atoms with Crippen molar-refractivity contribution in [2.45, 2.75) is 0 Å². The highest BCUT2D eigenvalue weighted by atomic mass is 16.5. The van der Waals surface area contributed by atoms with Crippen LogP contribution in [0.4, 0.5) is 10.5 Å². The molecule has 0 aliphatic rings. The molecule has 1 amide bonds. The number of carbonyl (C=O) groups excluding carboxylic acids is 2. The third-order valence-electron chi connectivity index (χ3n) is 2.30. The predicted molar refractivity (Wildman–Crippen MR) is 65.0 cm³/mol. The van der Waals surface area contributed by atoms with Crippen LogP contribution in [0.25, 0.3) is 5.69 Å². The van der Waals surface area contributed by atoms with E-state index in [1.54, 1.807) is 35.1 Å². The Bertz CT molecular complexity index is 560. The summed E-state index contributed by atoms with van der Waals surface area (Å²) in [6.07, 6.45) is 3.31. The largest absolute Gasteiger partial charge is 0.453 e. The fourth-order valence-electron chi connectivity index (χ4n) is 1.41. The van der Waals surface area contributed by atoms with E-state index in [0.717, 1.165) is 12.0 Å². The van der Waals surface area contributed by atoms with Crippen molar-refractivity contribution in [1.29, 1.82) is 0 Å². The molecule has 1 aromatic heterocycles. The van der Waals surface area contributed by atoms with E-state index in [1.165, 1.54) is 13.3 Å². The average Bonchev–Trinajstić information content (AvgIpc) is 2.88. The maximum absolute atomic E-state index is 11.0. The first kappa shape index (κ1) is 11.8. The normalized spacial score (nSPS) is 9.83. The first-order chi connectivity index (χ1) is 8.72. The molecule has 0 aliphatic carbocycles. The lowest BCUT2D eigenvalue weighted by molar-refractivity contribution is 0.112. The Balaban J connectivity index is 2.16. The van der Waals surface area contributed by atoms with Crippen LogP contribution in [0.15, 0.2) is 36.7 Å². The summed E-state index contributed by atoms with van der Waals surface area (Å²) in [5.74, 6) is 0. The third kappa shape index (κ3) is 2.54. The van der Waals surface area contributed by atoms with Gasteiger partial charge < -0.3 is 4.74 Å². The fourth-order valence-corrected chi connectivity index (χ4v) is 1.41. The number of aldehydes is 1. The molecule has 0 fully saturated rings. The number of carbonyl (C=O) groups is 2. The maximum atomic E-state index is 11.0. The van der Waals surface area contributed by atoms with Crippen LogP contribution >= 0.6 is 0 Å². The molecule has 0 saturated carbocycles. The SMILES string of the molecule is COC(=O)Nc1ccc(-n2cc(C=O)cn2)cc1. The van der Waals surface area contributed by atoms with Crippen LogP contribution in [0.2, 0.25) is 0 Å². The van der Waals surface area contributed by atoms with Crippen LogP contribution in [0, 0.1) is 0 Å². The highest BCUT2D eigenvalue weighted by Crippen LogP contribution is 2.13. The average molecular weight is 245 g/mol. The molecule has 0 atom stereocenters. The van der Waals surface area contributed by atoms with Crippen molar-refractivity contribution < 1.29 is 14.3 Å². The molecule has 1 heterocycles. The van der Waals surface area contributed by atoms with Gasteiger partial charge in [0.05, 0.1) is 24.6 Å². The Morgan fingerprint density at radius 2 is 2.11 bits per heavy atom. The number of rotatable bonds is 3. The van der Waals surface area contributed by atoms with Gasteiger partial charge in [0.1, 0.15) is 0 Å². The molecule has 6 nitrogen and oxygen atoms in total. The van der Waals surface area contributed by atoms with Crippen LogP contribution in [-0.2, 0) is 4.74 Å². The summed E-state index contributed by atoms with van der Waals surface area (Å²) in [5, 5.41) is 6.58. The Hall–Kier alpha value is -2.63. The summed E-state index contributed by atoms with van der Waals surface area (Å²) in [7, 11) is 1.30. The van der Waals surface area contributed by atoms with Crippen LogP contribution in [0.5, 0.6) is 0 Å². The predicted octanol–water partition coefficient (Wildman–Crippen LogP) is 1.86. The van der Waals surface area contributed by atoms with E-state index in [1.807, 2.05) is 0 Å². The first-order valence-electron chi connectivity index (χ1n) is 5.18. The molecule has 0 saturated heterocycles. The minimum Gasteiger partial charge on any atom is -0.453 e. The molecule has 1 N–H and O–H groups in total. The Labute approximate surface area is 103 Å². The van der Waals surface area contributed by atoms with Gasteiger partial charge in [-0.2, -0.15) is 5.10 Å². The molecule has 0 spiro atoms. The van der Waals surface area contributed by atoms with Gasteiger partial charge in [-0.05, 0) is 24.3 Å². The summed E-state index contributed by atoms with van der Waals surface area (Å²) in [6, 6.07) is 6.97. The van der Waals surface area contributed by atoms with Crippen molar-refractivity contribution in [2.24, 2.45) is 0 Å². The number of nitrogens with zero attached hydrogens (tertiary/aromatic N) is 2. The minimum atomic E-state index is -0.523. The van der Waals surface area contributed by atoms with E-state index in [9.17, 15) is 9.59 Å². The summed E-state index contributed by atoms with van der Waals surface area (Å²) in [4.78, 5) is 21.5. The Kier molecular flexibility index (Phi) is 3.38. The van der Waals surface area contributed by atoms with Crippen LogP contribution in [0.3, 0.4) is 0 Å². The van der Waals surface area contributed by atoms with Gasteiger partial charge in [-0.25, -0.2) is 9.48 Å². The van der Waals surface area contributed by atoms with Crippen molar-refractivity contribution >= 4 is 18.1 Å². The van der Waals surface area contributed by atoms with E-state index < -0.39 is 6.09 Å². The monoisotopic (exact) mass is 245 g/mol. The number of benzene rings is 1. The van der Waals surface area contributed by atoms with Gasteiger partial charge >= 0.3 is 6.09 Å². The second kappa shape index (κ2) is 5.13. The molecule has 0 aliphatic heterocycles. The third-order valence-corrected chi connectivity index (χ3v) is 2.30. The maximum Gasteiger partial charge on any atom is 0.411 e. The van der Waals surface area contributed by atoms with Crippen LogP contribution in [-0.4, -0.2) is 29.3 Å². The zero-order chi connectivity index (χ0) is 13.0. The Morgan fingerprint density at radius 3 is 2.67 bits per heavy atom. The second-order valence-corrected chi connectivity index (χ2v) is 3.50. The number of hydrogen-bond donors (Lipinski definition) is 1. The van der Waals surface area contributed by atoms with Crippen molar-refractivity contribution in [2.75, 3.05) is 12.4 Å². The number of ether oxygens (including phenoxy) is 1. The molecule has 2 rings (SSSR count). The molecule has 18 heavy (non-hydrogen) atoms. The van der Waals surface area contributed by atoms with Gasteiger partial charge in [-0.3, -0.25) is 10.1 Å². The van der Waals surface area contributed by atoms with Crippen molar-refractivity contribution in [1.82, 2.24) is 9.78 Å². The number of aromatic nitrogens is 2. The summed E-state index contributed by atoms with van der Waals surface area (Å²) < 4.78 is 6.06. The lowest BCUT2D eigenvalue weighted by Gasteiger charge is -2.05. The molecule has 6 heteroatoms. The number of hydrogen-bond acceptors (Lipinski definition) is 4. The van der Waals surface area contributed by atoms with E-state index >= 15 is 0 Å². The van der Waals surface area contributed by atoms with Crippen LogP contribution in [0.1, 0.15) is 10.4 Å². The van der Waals surface area contributed by atoms with Crippen molar-refractivity contribution in [3.05, 3.63) is 42.2 Å². The zero-order valence-electron chi connectivity index (χ0n) is 9.66. The van der Waals surface area contributed by atoms with Crippen molar-refractivity contribution in [3.8, 4) is 5.69 Å².